The molecule has 19 heavy (non-hydrogen) atoms. The Morgan fingerprint density at radius 1 is 1.00 bits per heavy atom. The van der Waals surface area contributed by atoms with Crippen molar-refractivity contribution >= 4 is 23.9 Å². The van der Waals surface area contributed by atoms with Gasteiger partial charge in [-0.25, -0.2) is 0 Å². The van der Waals surface area contributed by atoms with E-state index in [0.717, 1.165) is 5.56 Å². The Morgan fingerprint density at radius 3 is 2.53 bits per heavy atom. The van der Waals surface area contributed by atoms with Crippen LogP contribution in [0.5, 0.6) is 0 Å². The van der Waals surface area contributed by atoms with Crippen LogP contribution in [0, 0.1) is 0 Å². The fraction of sp³-hybridized carbons (Fsp3) is 0.0667. The van der Waals surface area contributed by atoms with Crippen molar-refractivity contribution in [2.24, 2.45) is 5.11 Å². The second-order valence-corrected chi connectivity index (χ2v) is 6.46. The summed E-state index contributed by atoms with van der Waals surface area (Å²) in [5.74, 6) is 0. The van der Waals surface area contributed by atoms with E-state index in [4.69, 9.17) is 5.53 Å². The summed E-state index contributed by atoms with van der Waals surface area (Å²) in [5, 5.41) is 3.91. The molecular weight excluding hydrogens is 301 g/mol. The van der Waals surface area contributed by atoms with Gasteiger partial charge in [-0.1, -0.05) is 0 Å². The first kappa shape index (κ1) is 12.1. The van der Waals surface area contributed by atoms with Crippen molar-refractivity contribution in [2.75, 3.05) is 0 Å². The molecule has 1 atom stereocenters. The molecule has 2 aromatic carbocycles. The molecule has 0 spiro atoms. The third-order valence-electron chi connectivity index (χ3n) is 3.00. The third-order valence-corrected chi connectivity index (χ3v) is 5.48. The number of nitrogens with zero attached hydrogens (tertiary/aromatic N) is 3. The first-order valence-corrected chi connectivity index (χ1v) is 7.68. The van der Waals surface area contributed by atoms with E-state index in [-0.39, 0.29) is 21.0 Å². The van der Waals surface area contributed by atoms with Gasteiger partial charge in [-0.2, -0.15) is 0 Å². The summed E-state index contributed by atoms with van der Waals surface area (Å²) < 4.78 is 2.58. The van der Waals surface area contributed by atoms with E-state index >= 15 is 0 Å². The molecule has 92 valence electrons. The molecule has 0 amide bonds. The van der Waals surface area contributed by atoms with Crippen LogP contribution in [0.15, 0.2) is 65.8 Å². The van der Waals surface area contributed by atoms with Gasteiger partial charge in [-0.3, -0.25) is 0 Å². The maximum absolute atomic E-state index is 8.74. The van der Waals surface area contributed by atoms with Crippen molar-refractivity contribution in [1.82, 2.24) is 0 Å². The number of benzene rings is 2. The van der Waals surface area contributed by atoms with Crippen LogP contribution < -0.4 is 4.46 Å². The molecule has 4 heteroatoms. The van der Waals surface area contributed by atoms with Gasteiger partial charge in [0, 0.05) is 0 Å². The molecular formula is C15H11N3Se. The monoisotopic (exact) mass is 313 g/mol. The quantitative estimate of drug-likeness (QED) is 0.353. The number of hydrogen-bond donors (Lipinski definition) is 0. The SMILES string of the molecule is [N-]=[N+]=NC1C=C(c2ccccc2)[Se]c2ccccc21. The van der Waals surface area contributed by atoms with E-state index in [2.05, 4.69) is 40.4 Å². The van der Waals surface area contributed by atoms with E-state index in [9.17, 15) is 0 Å². The fourth-order valence-electron chi connectivity index (χ4n) is 2.11. The van der Waals surface area contributed by atoms with Crippen LogP contribution in [0.2, 0.25) is 0 Å². The molecule has 0 aliphatic carbocycles. The second-order valence-electron chi connectivity index (χ2n) is 4.19. The van der Waals surface area contributed by atoms with Crippen molar-refractivity contribution in [2.45, 2.75) is 6.04 Å². The Kier molecular flexibility index (Phi) is 3.39. The van der Waals surface area contributed by atoms with Crippen LogP contribution in [0.3, 0.4) is 0 Å². The van der Waals surface area contributed by atoms with Crippen LogP contribution in [0.4, 0.5) is 0 Å². The number of azide groups is 1. The number of fused-ring (bicyclic) bond motifs is 1. The van der Waals surface area contributed by atoms with Crippen LogP contribution >= 0.6 is 0 Å². The van der Waals surface area contributed by atoms with E-state index in [1.165, 1.54) is 14.5 Å². The summed E-state index contributed by atoms with van der Waals surface area (Å²) in [7, 11) is 0. The summed E-state index contributed by atoms with van der Waals surface area (Å²) >= 11 is 0.263. The zero-order chi connectivity index (χ0) is 13.1. The molecule has 1 heterocycles. The Morgan fingerprint density at radius 2 is 1.74 bits per heavy atom. The number of rotatable bonds is 2. The summed E-state index contributed by atoms with van der Waals surface area (Å²) in [4.78, 5) is 2.97. The van der Waals surface area contributed by atoms with Crippen LogP contribution in [-0.2, 0) is 0 Å². The fourth-order valence-corrected chi connectivity index (χ4v) is 4.51. The van der Waals surface area contributed by atoms with E-state index in [0.29, 0.717) is 0 Å². The van der Waals surface area contributed by atoms with E-state index in [1.54, 1.807) is 0 Å². The van der Waals surface area contributed by atoms with Gasteiger partial charge in [0.25, 0.3) is 0 Å². The van der Waals surface area contributed by atoms with Gasteiger partial charge in [0.1, 0.15) is 0 Å². The molecule has 0 saturated carbocycles. The molecule has 0 saturated heterocycles. The zero-order valence-electron chi connectivity index (χ0n) is 10.1. The third kappa shape index (κ3) is 2.42. The molecule has 1 unspecified atom stereocenters. The van der Waals surface area contributed by atoms with Crippen molar-refractivity contribution in [3.05, 3.63) is 82.2 Å². The Bertz CT molecular complexity index is 673. The molecule has 1 aliphatic heterocycles. The molecule has 0 N–H and O–H groups in total. The van der Waals surface area contributed by atoms with E-state index in [1.807, 2.05) is 30.3 Å². The minimum absolute atomic E-state index is 0.188. The van der Waals surface area contributed by atoms with Crippen LogP contribution in [0.1, 0.15) is 17.2 Å². The van der Waals surface area contributed by atoms with Gasteiger partial charge in [0.05, 0.1) is 0 Å². The van der Waals surface area contributed by atoms with Gasteiger partial charge in [0.15, 0.2) is 0 Å². The van der Waals surface area contributed by atoms with Crippen molar-refractivity contribution in [1.29, 1.82) is 0 Å². The van der Waals surface area contributed by atoms with Crippen molar-refractivity contribution < 1.29 is 0 Å². The summed E-state index contributed by atoms with van der Waals surface area (Å²) in [6.45, 7) is 0. The Labute approximate surface area is 117 Å². The van der Waals surface area contributed by atoms with Crippen LogP contribution in [-0.4, -0.2) is 15.0 Å². The topological polar surface area (TPSA) is 48.8 Å². The molecule has 0 aromatic heterocycles. The van der Waals surface area contributed by atoms with Crippen LogP contribution in [0.25, 0.3) is 14.9 Å². The Hall–Kier alpha value is -1.99. The average molecular weight is 312 g/mol. The predicted octanol–water partition coefficient (Wildman–Crippen LogP) is 3.42. The van der Waals surface area contributed by atoms with Crippen molar-refractivity contribution in [3.8, 4) is 0 Å². The molecule has 1 aliphatic rings. The summed E-state index contributed by atoms with van der Waals surface area (Å²) in [6.07, 6.45) is 2.09. The number of hydrogen-bond acceptors (Lipinski definition) is 1. The molecule has 0 bridgehead atoms. The summed E-state index contributed by atoms with van der Waals surface area (Å²) in [5.41, 5.74) is 11.1. The Balaban J connectivity index is 2.08. The normalized spacial score (nSPS) is 17.1. The second kappa shape index (κ2) is 5.33. The van der Waals surface area contributed by atoms with E-state index < -0.39 is 0 Å². The van der Waals surface area contributed by atoms with Gasteiger partial charge in [-0.05, 0) is 0 Å². The minimum atomic E-state index is -0.188. The van der Waals surface area contributed by atoms with Gasteiger partial charge in [0.2, 0.25) is 0 Å². The van der Waals surface area contributed by atoms with Gasteiger partial charge < -0.3 is 0 Å². The first-order valence-electron chi connectivity index (χ1n) is 5.97. The summed E-state index contributed by atoms with van der Waals surface area (Å²) in [6, 6.07) is 18.3. The molecule has 2 aromatic rings. The van der Waals surface area contributed by atoms with Crippen molar-refractivity contribution in [3.63, 3.8) is 0 Å². The maximum atomic E-state index is 8.74. The molecule has 0 radical (unpaired) electrons. The first-order chi connectivity index (χ1) is 9.38. The zero-order valence-corrected chi connectivity index (χ0v) is 11.8. The standard InChI is InChI=1S/C15H11N3Se/c16-18-17-13-10-15(11-6-2-1-3-7-11)19-14-9-5-4-8-12(13)14/h1-10,13H. The molecule has 3 rings (SSSR count). The molecule has 3 nitrogen and oxygen atoms in total. The average Bonchev–Trinajstić information content (AvgIpc) is 2.48. The van der Waals surface area contributed by atoms with Gasteiger partial charge in [-0.15, -0.1) is 0 Å². The van der Waals surface area contributed by atoms with Gasteiger partial charge >= 0.3 is 117 Å². The molecule has 0 fully saturated rings. The predicted molar refractivity (Wildman–Crippen MR) is 78.1 cm³/mol.